The average Bonchev–Trinajstić information content (AvgIpc) is 4.00. The largest absolute Gasteiger partial charge is 0.482 e. The van der Waals surface area contributed by atoms with Crippen LogP contribution in [0, 0.1) is 0 Å². The summed E-state index contributed by atoms with van der Waals surface area (Å²) in [4.78, 5) is 90.4. The van der Waals surface area contributed by atoms with E-state index in [1.807, 2.05) is 17.0 Å². The summed E-state index contributed by atoms with van der Waals surface area (Å²) >= 11 is 0. The number of nitrogens with one attached hydrogen (secondary N) is 4. The van der Waals surface area contributed by atoms with Crippen molar-refractivity contribution < 1.29 is 38.3 Å². The lowest BCUT2D eigenvalue weighted by molar-refractivity contribution is -0.136. The second-order valence-corrected chi connectivity index (χ2v) is 14.4. The summed E-state index contributed by atoms with van der Waals surface area (Å²) < 4.78 is 5.50. The number of unbranched alkanes of at least 4 members (excludes halogenated alkanes) is 5. The second kappa shape index (κ2) is 16.5. The SMILES string of the molecule is O=C1CCC(N2C(=O)c3ccc(NCCCCCCCCNC(=O)c4ccc(CN(C(=O)c5ccc6c(c5)OCC(=O)N6)C5CC5)cc4)cc3C2=O)C(=O)N1. The summed E-state index contributed by atoms with van der Waals surface area (Å²) in [5, 5.41) is 11.3. The monoisotopic (exact) mass is 748 g/mol. The van der Waals surface area contributed by atoms with Gasteiger partial charge in [0, 0.05) is 48.9 Å². The zero-order valence-corrected chi connectivity index (χ0v) is 30.5. The zero-order chi connectivity index (χ0) is 38.5. The summed E-state index contributed by atoms with van der Waals surface area (Å²) in [6, 6.07) is 16.6. The Balaban J connectivity index is 0.771. The lowest BCUT2D eigenvalue weighted by atomic mass is 10.0. The Morgan fingerprint density at radius 1 is 0.745 bits per heavy atom. The van der Waals surface area contributed by atoms with Gasteiger partial charge in [0.05, 0.1) is 16.8 Å². The number of carbonyl (C=O) groups excluding carboxylic acids is 7. The highest BCUT2D eigenvalue weighted by Gasteiger charge is 2.44. The van der Waals surface area contributed by atoms with Crippen molar-refractivity contribution in [1.29, 1.82) is 0 Å². The number of benzene rings is 3. The number of fused-ring (bicyclic) bond motifs is 2. The molecule has 0 radical (unpaired) electrons. The predicted octanol–water partition coefficient (Wildman–Crippen LogP) is 4.41. The van der Waals surface area contributed by atoms with Gasteiger partial charge in [-0.1, -0.05) is 37.8 Å². The van der Waals surface area contributed by atoms with Gasteiger partial charge in [-0.15, -0.1) is 0 Å². The standard InChI is InChI=1S/C41H44N6O8/c48-35-18-17-33(38(51)45-35)47-40(53)30-15-12-28(22-31(30)41(47)54)42-19-5-3-1-2-4-6-20-43-37(50)26-9-7-25(8-10-26)23-46(29-13-14-29)39(52)27-11-16-32-34(21-27)55-24-36(49)44-32/h7-12,15-16,21-22,29,33,42H,1-6,13-14,17-20,23-24H2,(H,43,50)(H,44,49)(H,45,48,51). The number of amides is 7. The van der Waals surface area contributed by atoms with Crippen molar-refractivity contribution in [3.63, 3.8) is 0 Å². The molecule has 3 aliphatic heterocycles. The summed E-state index contributed by atoms with van der Waals surface area (Å²) in [6.45, 7) is 1.64. The van der Waals surface area contributed by atoms with Gasteiger partial charge < -0.3 is 25.6 Å². The van der Waals surface area contributed by atoms with Gasteiger partial charge in [-0.3, -0.25) is 43.8 Å². The van der Waals surface area contributed by atoms with Gasteiger partial charge in [-0.05, 0) is 86.2 Å². The van der Waals surface area contributed by atoms with Crippen LogP contribution in [-0.4, -0.2) is 82.9 Å². The molecule has 3 aromatic carbocycles. The third kappa shape index (κ3) is 8.69. The van der Waals surface area contributed by atoms with E-state index in [0.717, 1.165) is 67.5 Å². The highest BCUT2D eigenvalue weighted by molar-refractivity contribution is 6.23. The van der Waals surface area contributed by atoms with Gasteiger partial charge in [0.2, 0.25) is 11.8 Å². The molecule has 14 nitrogen and oxygen atoms in total. The highest BCUT2D eigenvalue weighted by atomic mass is 16.5. The Kier molecular flexibility index (Phi) is 11.2. The summed E-state index contributed by atoms with van der Waals surface area (Å²) in [5.74, 6) is -2.03. The molecule has 55 heavy (non-hydrogen) atoms. The molecule has 1 unspecified atom stereocenters. The zero-order valence-electron chi connectivity index (χ0n) is 30.5. The molecule has 3 aromatic rings. The summed E-state index contributed by atoms with van der Waals surface area (Å²) in [6.07, 6.45) is 8.00. The summed E-state index contributed by atoms with van der Waals surface area (Å²) in [7, 11) is 0. The van der Waals surface area contributed by atoms with Gasteiger partial charge in [-0.2, -0.15) is 0 Å². The van der Waals surface area contributed by atoms with Crippen molar-refractivity contribution >= 4 is 52.7 Å². The van der Waals surface area contributed by atoms with Crippen molar-refractivity contribution in [1.82, 2.24) is 20.4 Å². The number of ether oxygens (including phenoxy) is 1. The molecule has 1 atom stereocenters. The second-order valence-electron chi connectivity index (χ2n) is 14.4. The van der Waals surface area contributed by atoms with Crippen molar-refractivity contribution in [2.45, 2.75) is 82.8 Å². The molecule has 0 spiro atoms. The molecule has 3 heterocycles. The maximum absolute atomic E-state index is 13.5. The lowest BCUT2D eigenvalue weighted by Crippen LogP contribution is -2.54. The fourth-order valence-corrected chi connectivity index (χ4v) is 7.16. The molecular formula is C41H44N6O8. The van der Waals surface area contributed by atoms with Gasteiger partial charge in [-0.25, -0.2) is 0 Å². The topological polar surface area (TPSA) is 183 Å². The number of rotatable bonds is 16. The molecule has 1 saturated carbocycles. The Morgan fingerprint density at radius 2 is 1.45 bits per heavy atom. The number of hydrogen-bond acceptors (Lipinski definition) is 9. The van der Waals surface area contributed by atoms with E-state index in [9.17, 15) is 33.6 Å². The van der Waals surface area contributed by atoms with Crippen LogP contribution in [0.3, 0.4) is 0 Å². The molecule has 2 fully saturated rings. The molecule has 0 bridgehead atoms. The molecule has 1 saturated heterocycles. The van der Waals surface area contributed by atoms with Crippen LogP contribution in [-0.2, 0) is 20.9 Å². The van der Waals surface area contributed by atoms with E-state index in [1.54, 1.807) is 48.5 Å². The fraction of sp³-hybridized carbons (Fsp3) is 0.390. The lowest BCUT2D eigenvalue weighted by Gasteiger charge is -2.27. The Morgan fingerprint density at radius 3 is 2.20 bits per heavy atom. The molecule has 4 N–H and O–H groups in total. The smallest absolute Gasteiger partial charge is 0.262 e. The first-order chi connectivity index (χ1) is 26.7. The first-order valence-corrected chi connectivity index (χ1v) is 19.0. The number of carbonyl (C=O) groups is 7. The molecule has 286 valence electrons. The average molecular weight is 749 g/mol. The van der Waals surface area contributed by atoms with E-state index in [0.29, 0.717) is 42.2 Å². The Labute approximate surface area is 318 Å². The summed E-state index contributed by atoms with van der Waals surface area (Å²) in [5.41, 5.74) is 3.80. The van der Waals surface area contributed by atoms with Crippen molar-refractivity contribution in [2.24, 2.45) is 0 Å². The number of hydrogen-bond donors (Lipinski definition) is 4. The highest BCUT2D eigenvalue weighted by Crippen LogP contribution is 2.33. The first-order valence-electron chi connectivity index (χ1n) is 19.0. The Bertz CT molecular complexity index is 2030. The van der Waals surface area contributed by atoms with Crippen molar-refractivity contribution in [2.75, 3.05) is 30.3 Å². The van der Waals surface area contributed by atoms with Gasteiger partial charge in [0.15, 0.2) is 6.61 Å². The van der Waals surface area contributed by atoms with Gasteiger partial charge >= 0.3 is 0 Å². The molecule has 7 amide bonds. The van der Waals surface area contributed by atoms with Crippen LogP contribution in [0.2, 0.25) is 0 Å². The number of anilines is 2. The van der Waals surface area contributed by atoms with Crippen LogP contribution in [0.4, 0.5) is 11.4 Å². The van der Waals surface area contributed by atoms with Crippen LogP contribution < -0.4 is 26.0 Å². The molecule has 1 aliphatic carbocycles. The van der Waals surface area contributed by atoms with Crippen molar-refractivity contribution in [3.8, 4) is 5.75 Å². The molecule has 14 heteroatoms. The normalized spacial score (nSPS) is 17.5. The number of imide groups is 2. The molecule has 7 rings (SSSR count). The van der Waals surface area contributed by atoms with E-state index in [1.165, 1.54) is 0 Å². The molecule has 4 aliphatic rings. The van der Waals surface area contributed by atoms with Gasteiger partial charge in [0.25, 0.3) is 29.5 Å². The van der Waals surface area contributed by atoms with Gasteiger partial charge in [0.1, 0.15) is 11.8 Å². The Hall–Kier alpha value is -6.05. The first kappa shape index (κ1) is 37.3. The van der Waals surface area contributed by atoms with Crippen LogP contribution in [0.25, 0.3) is 0 Å². The predicted molar refractivity (Wildman–Crippen MR) is 202 cm³/mol. The molecular weight excluding hydrogens is 704 g/mol. The third-order valence-corrected chi connectivity index (χ3v) is 10.3. The maximum atomic E-state index is 13.5. The quantitative estimate of drug-likeness (QED) is 0.122. The van der Waals surface area contributed by atoms with Crippen LogP contribution >= 0.6 is 0 Å². The minimum absolute atomic E-state index is 0.0763. The van der Waals surface area contributed by atoms with Crippen LogP contribution in [0.1, 0.15) is 111 Å². The van der Waals surface area contributed by atoms with E-state index in [2.05, 4.69) is 21.3 Å². The third-order valence-electron chi connectivity index (χ3n) is 10.3. The van der Waals surface area contributed by atoms with Crippen LogP contribution in [0.5, 0.6) is 5.75 Å². The minimum atomic E-state index is -0.983. The van der Waals surface area contributed by atoms with E-state index < -0.39 is 29.7 Å². The van der Waals surface area contributed by atoms with Crippen molar-refractivity contribution in [3.05, 3.63) is 88.5 Å². The number of piperidine rings is 1. The molecule has 0 aromatic heterocycles. The van der Waals surface area contributed by atoms with E-state index >= 15 is 0 Å². The fourth-order valence-electron chi connectivity index (χ4n) is 7.16. The minimum Gasteiger partial charge on any atom is -0.482 e. The van der Waals surface area contributed by atoms with E-state index in [-0.39, 0.29) is 54.3 Å². The van der Waals surface area contributed by atoms with Crippen LogP contribution in [0.15, 0.2) is 60.7 Å². The number of nitrogens with zero attached hydrogens (tertiary/aromatic N) is 2. The maximum Gasteiger partial charge on any atom is 0.262 e. The van der Waals surface area contributed by atoms with E-state index in [4.69, 9.17) is 4.74 Å².